The quantitative estimate of drug-likeness (QED) is 0.661. The number of carbonyl (C=O) groups excluding carboxylic acids is 2. The van der Waals surface area contributed by atoms with E-state index in [2.05, 4.69) is 10.6 Å². The summed E-state index contributed by atoms with van der Waals surface area (Å²) in [5, 5.41) is 6.00. The number of hydrogen-bond acceptors (Lipinski definition) is 3. The molecule has 2 unspecified atom stereocenters. The predicted octanol–water partition coefficient (Wildman–Crippen LogP) is 1.14. The second kappa shape index (κ2) is 9.78. The van der Waals surface area contributed by atoms with Crippen LogP contribution in [-0.2, 0) is 9.59 Å². The van der Waals surface area contributed by atoms with Gasteiger partial charge in [-0.25, -0.2) is 0 Å². The van der Waals surface area contributed by atoms with Crippen LogP contribution >= 0.6 is 0 Å². The number of carbonyl (C=O) groups is 2. The Labute approximate surface area is 117 Å². The molecule has 0 saturated heterocycles. The van der Waals surface area contributed by atoms with Gasteiger partial charge in [-0.1, -0.05) is 6.92 Å². The van der Waals surface area contributed by atoms with Crippen LogP contribution in [0.2, 0.25) is 0 Å². The Morgan fingerprint density at radius 2 is 1.68 bits per heavy atom. The first-order valence-corrected chi connectivity index (χ1v) is 7.27. The number of nitrogens with one attached hydrogen (secondary N) is 2. The van der Waals surface area contributed by atoms with Gasteiger partial charge in [0, 0.05) is 32.1 Å². The van der Waals surface area contributed by atoms with Crippen LogP contribution in [0.15, 0.2) is 0 Å². The van der Waals surface area contributed by atoms with E-state index in [-0.39, 0.29) is 23.9 Å². The van der Waals surface area contributed by atoms with E-state index in [0.29, 0.717) is 13.0 Å². The van der Waals surface area contributed by atoms with Gasteiger partial charge in [0.1, 0.15) is 0 Å². The fourth-order valence-electron chi connectivity index (χ4n) is 1.69. The normalized spacial score (nSPS) is 13.7. The molecule has 0 aromatic rings. The van der Waals surface area contributed by atoms with Gasteiger partial charge in [-0.2, -0.15) is 0 Å². The molecule has 0 aromatic heterocycles. The first-order chi connectivity index (χ1) is 8.96. The van der Waals surface area contributed by atoms with E-state index in [1.165, 1.54) is 0 Å². The minimum absolute atomic E-state index is 0.00959. The Balaban J connectivity index is 3.93. The van der Waals surface area contributed by atoms with Crippen molar-refractivity contribution in [3.05, 3.63) is 0 Å². The molecule has 19 heavy (non-hydrogen) atoms. The number of amides is 2. The third-order valence-electron chi connectivity index (χ3n) is 3.30. The van der Waals surface area contributed by atoms with Crippen molar-refractivity contribution in [3.63, 3.8) is 0 Å². The molecule has 0 aliphatic rings. The molecule has 0 heterocycles. The SMILES string of the molecule is CCC(C)NC(=O)C(C)NCCC(=O)N(CC)CC. The summed E-state index contributed by atoms with van der Waals surface area (Å²) in [4.78, 5) is 25.3. The summed E-state index contributed by atoms with van der Waals surface area (Å²) >= 11 is 0. The van der Waals surface area contributed by atoms with Crippen molar-refractivity contribution in [2.45, 2.75) is 59.5 Å². The van der Waals surface area contributed by atoms with Crippen molar-refractivity contribution in [3.8, 4) is 0 Å². The molecule has 0 aliphatic carbocycles. The maximum atomic E-state index is 11.8. The highest BCUT2D eigenvalue weighted by molar-refractivity contribution is 5.81. The van der Waals surface area contributed by atoms with Crippen LogP contribution in [0.5, 0.6) is 0 Å². The maximum absolute atomic E-state index is 11.8. The molecule has 2 atom stereocenters. The standard InChI is InChI=1S/C14H29N3O2/c1-6-11(4)16-14(19)12(5)15-10-9-13(18)17(7-2)8-3/h11-12,15H,6-10H2,1-5H3,(H,16,19). The molecule has 0 saturated carbocycles. The van der Waals surface area contributed by atoms with Crippen molar-refractivity contribution in [2.75, 3.05) is 19.6 Å². The van der Waals surface area contributed by atoms with Crippen LogP contribution in [0.4, 0.5) is 0 Å². The van der Waals surface area contributed by atoms with Crippen molar-refractivity contribution < 1.29 is 9.59 Å². The third-order valence-corrected chi connectivity index (χ3v) is 3.30. The lowest BCUT2D eigenvalue weighted by Crippen LogP contribution is -2.46. The lowest BCUT2D eigenvalue weighted by molar-refractivity contribution is -0.131. The number of rotatable bonds is 9. The van der Waals surface area contributed by atoms with E-state index in [1.54, 1.807) is 4.90 Å². The summed E-state index contributed by atoms with van der Waals surface area (Å²) in [5.41, 5.74) is 0. The monoisotopic (exact) mass is 271 g/mol. The van der Waals surface area contributed by atoms with Crippen molar-refractivity contribution >= 4 is 11.8 Å². The van der Waals surface area contributed by atoms with Crippen molar-refractivity contribution in [1.29, 1.82) is 0 Å². The molecule has 0 radical (unpaired) electrons. The molecule has 0 aliphatic heterocycles. The average Bonchev–Trinajstić information content (AvgIpc) is 2.39. The molecule has 5 nitrogen and oxygen atoms in total. The van der Waals surface area contributed by atoms with E-state index >= 15 is 0 Å². The summed E-state index contributed by atoms with van der Waals surface area (Å²) in [6.45, 7) is 11.8. The third kappa shape index (κ3) is 7.15. The lowest BCUT2D eigenvalue weighted by Gasteiger charge is -2.20. The highest BCUT2D eigenvalue weighted by atomic mass is 16.2. The molecular weight excluding hydrogens is 242 g/mol. The molecule has 0 fully saturated rings. The van der Waals surface area contributed by atoms with Gasteiger partial charge in [0.25, 0.3) is 0 Å². The molecule has 0 spiro atoms. The Bertz CT molecular complexity index is 278. The molecule has 5 heteroatoms. The zero-order valence-electron chi connectivity index (χ0n) is 13.0. The summed E-state index contributed by atoms with van der Waals surface area (Å²) in [7, 11) is 0. The first-order valence-electron chi connectivity index (χ1n) is 7.27. The van der Waals surface area contributed by atoms with Crippen LogP contribution in [0.1, 0.15) is 47.5 Å². The zero-order valence-corrected chi connectivity index (χ0v) is 13.0. The Kier molecular flexibility index (Phi) is 9.21. The molecule has 0 bridgehead atoms. The van der Waals surface area contributed by atoms with Crippen LogP contribution < -0.4 is 10.6 Å². The van der Waals surface area contributed by atoms with Gasteiger partial charge in [0.05, 0.1) is 6.04 Å². The molecule has 2 N–H and O–H groups in total. The van der Waals surface area contributed by atoms with Gasteiger partial charge in [0.2, 0.25) is 11.8 Å². The summed E-state index contributed by atoms with van der Waals surface area (Å²) in [6.07, 6.45) is 1.35. The average molecular weight is 271 g/mol. The van der Waals surface area contributed by atoms with Crippen molar-refractivity contribution in [1.82, 2.24) is 15.5 Å². The number of hydrogen-bond donors (Lipinski definition) is 2. The van der Waals surface area contributed by atoms with Crippen LogP contribution in [-0.4, -0.2) is 48.4 Å². The van der Waals surface area contributed by atoms with E-state index in [9.17, 15) is 9.59 Å². The predicted molar refractivity (Wildman–Crippen MR) is 77.9 cm³/mol. The van der Waals surface area contributed by atoms with Gasteiger partial charge in [-0.3, -0.25) is 9.59 Å². The van der Waals surface area contributed by atoms with Gasteiger partial charge in [0.15, 0.2) is 0 Å². The zero-order chi connectivity index (χ0) is 14.8. The van der Waals surface area contributed by atoms with E-state index in [4.69, 9.17) is 0 Å². The fraction of sp³-hybridized carbons (Fsp3) is 0.857. The summed E-state index contributed by atoms with van der Waals surface area (Å²) in [6, 6.07) is -0.0763. The van der Waals surface area contributed by atoms with Crippen LogP contribution in [0.3, 0.4) is 0 Å². The lowest BCUT2D eigenvalue weighted by atomic mass is 10.2. The topological polar surface area (TPSA) is 61.4 Å². The molecule has 0 rings (SSSR count). The van der Waals surface area contributed by atoms with Gasteiger partial charge in [-0.05, 0) is 34.1 Å². The second-order valence-electron chi connectivity index (χ2n) is 4.81. The van der Waals surface area contributed by atoms with Crippen LogP contribution in [0.25, 0.3) is 0 Å². The van der Waals surface area contributed by atoms with Crippen molar-refractivity contribution in [2.24, 2.45) is 0 Å². The minimum atomic E-state index is -0.265. The van der Waals surface area contributed by atoms with E-state index in [0.717, 1.165) is 19.5 Å². The van der Waals surface area contributed by atoms with Crippen LogP contribution in [0, 0.1) is 0 Å². The molecule has 2 amide bonds. The molecule has 0 aromatic carbocycles. The largest absolute Gasteiger partial charge is 0.352 e. The van der Waals surface area contributed by atoms with E-state index in [1.807, 2.05) is 34.6 Å². The first kappa shape index (κ1) is 17.9. The summed E-state index contributed by atoms with van der Waals surface area (Å²) < 4.78 is 0. The van der Waals surface area contributed by atoms with Gasteiger partial charge < -0.3 is 15.5 Å². The maximum Gasteiger partial charge on any atom is 0.237 e. The Morgan fingerprint density at radius 1 is 1.11 bits per heavy atom. The second-order valence-corrected chi connectivity index (χ2v) is 4.81. The molecular formula is C14H29N3O2. The molecule has 112 valence electrons. The minimum Gasteiger partial charge on any atom is -0.352 e. The highest BCUT2D eigenvalue weighted by Gasteiger charge is 2.15. The Morgan fingerprint density at radius 3 is 2.16 bits per heavy atom. The van der Waals surface area contributed by atoms with Gasteiger partial charge >= 0.3 is 0 Å². The summed E-state index contributed by atoms with van der Waals surface area (Å²) in [5.74, 6) is 0.122. The van der Waals surface area contributed by atoms with E-state index < -0.39 is 0 Å². The van der Waals surface area contributed by atoms with Gasteiger partial charge in [-0.15, -0.1) is 0 Å². The highest BCUT2D eigenvalue weighted by Crippen LogP contribution is 1.94. The fourth-order valence-corrected chi connectivity index (χ4v) is 1.69. The Hall–Kier alpha value is -1.10. The smallest absolute Gasteiger partial charge is 0.237 e. The number of nitrogens with zero attached hydrogens (tertiary/aromatic N) is 1.